The van der Waals surface area contributed by atoms with E-state index < -0.39 is 0 Å². The lowest BCUT2D eigenvalue weighted by Crippen LogP contribution is -2.34. The van der Waals surface area contributed by atoms with Crippen molar-refractivity contribution in [2.45, 2.75) is 58.8 Å². The molecular formula is C19H31N. The Morgan fingerprint density at radius 1 is 1.10 bits per heavy atom. The predicted molar refractivity (Wildman–Crippen MR) is 88.0 cm³/mol. The van der Waals surface area contributed by atoms with Gasteiger partial charge in [0.25, 0.3) is 0 Å². The molecule has 20 heavy (non-hydrogen) atoms. The van der Waals surface area contributed by atoms with Crippen molar-refractivity contribution in [2.24, 2.45) is 11.3 Å². The number of aryl methyl sites for hydroxylation is 1. The Labute approximate surface area is 125 Å². The Kier molecular flexibility index (Phi) is 6.09. The summed E-state index contributed by atoms with van der Waals surface area (Å²) in [7, 11) is 0. The molecule has 0 radical (unpaired) electrons. The van der Waals surface area contributed by atoms with Crippen LogP contribution in [0.15, 0.2) is 30.3 Å². The first-order valence-corrected chi connectivity index (χ1v) is 8.45. The standard InChI is InChI=1S/C19H31N/c1-17(2)15-20-16-19(12-6-7-13-19)14-8-11-18-9-4-3-5-10-18/h3-5,9-10,17,20H,6-8,11-16H2,1-2H3. The van der Waals surface area contributed by atoms with Gasteiger partial charge in [-0.05, 0) is 55.5 Å². The fraction of sp³-hybridized carbons (Fsp3) is 0.684. The third-order valence-corrected chi connectivity index (χ3v) is 4.73. The Bertz CT molecular complexity index is 363. The van der Waals surface area contributed by atoms with Crippen LogP contribution in [0.1, 0.15) is 57.9 Å². The van der Waals surface area contributed by atoms with Gasteiger partial charge in [0.05, 0.1) is 0 Å². The molecule has 1 fully saturated rings. The highest BCUT2D eigenvalue weighted by Gasteiger charge is 2.32. The summed E-state index contributed by atoms with van der Waals surface area (Å²) in [5.74, 6) is 0.762. The van der Waals surface area contributed by atoms with Crippen molar-refractivity contribution >= 4 is 0 Å². The zero-order chi connectivity index (χ0) is 14.3. The molecular weight excluding hydrogens is 242 g/mol. The van der Waals surface area contributed by atoms with Crippen molar-refractivity contribution < 1.29 is 0 Å². The molecule has 0 unspecified atom stereocenters. The molecule has 0 aliphatic heterocycles. The van der Waals surface area contributed by atoms with Crippen LogP contribution in [0.3, 0.4) is 0 Å². The minimum absolute atomic E-state index is 0.601. The molecule has 0 spiro atoms. The van der Waals surface area contributed by atoms with E-state index in [1.54, 1.807) is 0 Å². The van der Waals surface area contributed by atoms with Gasteiger partial charge in [0.1, 0.15) is 0 Å². The van der Waals surface area contributed by atoms with Gasteiger partial charge in [0.15, 0.2) is 0 Å². The van der Waals surface area contributed by atoms with Gasteiger partial charge in [-0.1, -0.05) is 57.0 Å². The van der Waals surface area contributed by atoms with Gasteiger partial charge in [0, 0.05) is 6.54 Å². The topological polar surface area (TPSA) is 12.0 Å². The first-order valence-electron chi connectivity index (χ1n) is 8.45. The number of benzene rings is 1. The number of hydrogen-bond acceptors (Lipinski definition) is 1. The number of nitrogens with one attached hydrogen (secondary N) is 1. The molecule has 1 aliphatic carbocycles. The van der Waals surface area contributed by atoms with Gasteiger partial charge in [-0.2, -0.15) is 0 Å². The van der Waals surface area contributed by atoms with Crippen molar-refractivity contribution in [3.8, 4) is 0 Å². The molecule has 0 amide bonds. The Balaban J connectivity index is 1.77. The summed E-state index contributed by atoms with van der Waals surface area (Å²) >= 11 is 0. The van der Waals surface area contributed by atoms with E-state index >= 15 is 0 Å². The zero-order valence-electron chi connectivity index (χ0n) is 13.3. The monoisotopic (exact) mass is 273 g/mol. The lowest BCUT2D eigenvalue weighted by molar-refractivity contribution is 0.247. The maximum Gasteiger partial charge on any atom is 0.000792 e. The summed E-state index contributed by atoms with van der Waals surface area (Å²) in [4.78, 5) is 0. The Hall–Kier alpha value is -0.820. The predicted octanol–water partition coefficient (Wildman–Crippen LogP) is 4.82. The van der Waals surface area contributed by atoms with E-state index in [2.05, 4.69) is 49.5 Å². The van der Waals surface area contributed by atoms with Crippen molar-refractivity contribution in [2.75, 3.05) is 13.1 Å². The molecule has 112 valence electrons. The van der Waals surface area contributed by atoms with E-state index in [-0.39, 0.29) is 0 Å². The van der Waals surface area contributed by atoms with Crippen LogP contribution in [-0.4, -0.2) is 13.1 Å². The van der Waals surface area contributed by atoms with Gasteiger partial charge in [-0.3, -0.25) is 0 Å². The molecule has 0 aromatic heterocycles. The number of rotatable bonds is 8. The minimum Gasteiger partial charge on any atom is -0.316 e. The van der Waals surface area contributed by atoms with Crippen molar-refractivity contribution in [3.63, 3.8) is 0 Å². The first kappa shape index (κ1) is 15.6. The summed E-state index contributed by atoms with van der Waals surface area (Å²) < 4.78 is 0. The number of hydrogen-bond donors (Lipinski definition) is 1. The third-order valence-electron chi connectivity index (χ3n) is 4.73. The molecule has 1 nitrogen and oxygen atoms in total. The van der Waals surface area contributed by atoms with Gasteiger partial charge in [-0.15, -0.1) is 0 Å². The van der Waals surface area contributed by atoms with Crippen LogP contribution in [0.5, 0.6) is 0 Å². The van der Waals surface area contributed by atoms with Crippen LogP contribution >= 0.6 is 0 Å². The summed E-state index contributed by atoms with van der Waals surface area (Å²) in [5.41, 5.74) is 2.10. The summed E-state index contributed by atoms with van der Waals surface area (Å²) in [6.07, 6.45) is 9.73. The van der Waals surface area contributed by atoms with Crippen LogP contribution in [-0.2, 0) is 6.42 Å². The highest BCUT2D eigenvalue weighted by atomic mass is 14.9. The van der Waals surface area contributed by atoms with Crippen LogP contribution in [0, 0.1) is 11.3 Å². The maximum atomic E-state index is 3.72. The second-order valence-corrected chi connectivity index (χ2v) is 7.07. The highest BCUT2D eigenvalue weighted by Crippen LogP contribution is 2.41. The Morgan fingerprint density at radius 2 is 1.80 bits per heavy atom. The van der Waals surface area contributed by atoms with Gasteiger partial charge in [0.2, 0.25) is 0 Å². The van der Waals surface area contributed by atoms with Gasteiger partial charge in [-0.25, -0.2) is 0 Å². The summed E-state index contributed by atoms with van der Waals surface area (Å²) in [6, 6.07) is 10.9. The summed E-state index contributed by atoms with van der Waals surface area (Å²) in [6.45, 7) is 6.99. The highest BCUT2D eigenvalue weighted by molar-refractivity contribution is 5.14. The van der Waals surface area contributed by atoms with E-state index in [9.17, 15) is 0 Å². The van der Waals surface area contributed by atoms with Crippen LogP contribution in [0.2, 0.25) is 0 Å². The second-order valence-electron chi connectivity index (χ2n) is 7.07. The van der Waals surface area contributed by atoms with E-state index in [1.807, 2.05) is 0 Å². The molecule has 0 atom stereocenters. The van der Waals surface area contributed by atoms with Crippen LogP contribution in [0.4, 0.5) is 0 Å². The summed E-state index contributed by atoms with van der Waals surface area (Å²) in [5, 5.41) is 3.72. The van der Waals surface area contributed by atoms with Crippen molar-refractivity contribution in [1.29, 1.82) is 0 Å². The van der Waals surface area contributed by atoms with E-state index in [1.165, 1.54) is 63.6 Å². The molecule has 1 aliphatic rings. The zero-order valence-corrected chi connectivity index (χ0v) is 13.3. The average Bonchev–Trinajstić information content (AvgIpc) is 2.89. The molecule has 0 saturated heterocycles. The third kappa shape index (κ3) is 4.94. The lowest BCUT2D eigenvalue weighted by atomic mass is 9.80. The first-order chi connectivity index (χ1) is 9.70. The minimum atomic E-state index is 0.601. The van der Waals surface area contributed by atoms with E-state index in [4.69, 9.17) is 0 Å². The van der Waals surface area contributed by atoms with Gasteiger partial charge >= 0.3 is 0 Å². The fourth-order valence-electron chi connectivity index (χ4n) is 3.58. The SMILES string of the molecule is CC(C)CNCC1(CCCc2ccccc2)CCCC1. The smallest absolute Gasteiger partial charge is 0.000792 e. The average molecular weight is 273 g/mol. The maximum absolute atomic E-state index is 3.72. The van der Waals surface area contributed by atoms with E-state index in [0.717, 1.165) is 5.92 Å². The molecule has 1 heteroatoms. The van der Waals surface area contributed by atoms with Crippen LogP contribution in [0.25, 0.3) is 0 Å². The van der Waals surface area contributed by atoms with E-state index in [0.29, 0.717) is 5.41 Å². The second kappa shape index (κ2) is 7.83. The lowest BCUT2D eigenvalue weighted by Gasteiger charge is -2.30. The van der Waals surface area contributed by atoms with Gasteiger partial charge < -0.3 is 5.32 Å². The van der Waals surface area contributed by atoms with Crippen LogP contribution < -0.4 is 5.32 Å². The molecule has 1 N–H and O–H groups in total. The molecule has 2 rings (SSSR count). The molecule has 0 heterocycles. The van der Waals surface area contributed by atoms with Crippen molar-refractivity contribution in [3.05, 3.63) is 35.9 Å². The largest absolute Gasteiger partial charge is 0.316 e. The molecule has 0 bridgehead atoms. The quantitative estimate of drug-likeness (QED) is 0.716. The molecule has 1 saturated carbocycles. The normalized spacial score (nSPS) is 17.8. The molecule has 1 aromatic rings. The fourth-order valence-corrected chi connectivity index (χ4v) is 3.58. The molecule has 1 aromatic carbocycles. The van der Waals surface area contributed by atoms with Crippen molar-refractivity contribution in [1.82, 2.24) is 5.32 Å². The Morgan fingerprint density at radius 3 is 2.45 bits per heavy atom.